The van der Waals surface area contributed by atoms with E-state index in [2.05, 4.69) is 17.4 Å². The molecule has 0 amide bonds. The summed E-state index contributed by atoms with van der Waals surface area (Å²) in [6, 6.07) is 9.84. The Morgan fingerprint density at radius 1 is 1.40 bits per heavy atom. The average Bonchev–Trinajstić information content (AvgIpc) is 2.77. The fourth-order valence-electron chi connectivity index (χ4n) is 2.30. The van der Waals surface area contributed by atoms with Crippen LogP contribution in [0.5, 0.6) is 5.75 Å². The van der Waals surface area contributed by atoms with E-state index in [9.17, 15) is 0 Å². The number of rotatable bonds is 6. The van der Waals surface area contributed by atoms with Gasteiger partial charge in [-0.15, -0.1) is 0 Å². The van der Waals surface area contributed by atoms with Gasteiger partial charge in [-0.05, 0) is 25.5 Å². The Morgan fingerprint density at radius 2 is 2.15 bits per heavy atom. The Balaban J connectivity index is 2.39. The molecule has 5 nitrogen and oxygen atoms in total. The minimum Gasteiger partial charge on any atom is -0.493 e. The molecule has 2 rings (SSSR count). The maximum Gasteiger partial charge on any atom is 0.124 e. The van der Waals surface area contributed by atoms with Gasteiger partial charge >= 0.3 is 0 Å². The first-order chi connectivity index (χ1) is 9.67. The minimum atomic E-state index is -0.144. The number of hydrazine groups is 1. The minimum absolute atomic E-state index is 0.144. The highest BCUT2D eigenvalue weighted by atomic mass is 16.5. The van der Waals surface area contributed by atoms with E-state index in [0.717, 1.165) is 29.1 Å². The van der Waals surface area contributed by atoms with Crippen LogP contribution in [0, 0.1) is 6.92 Å². The third-order valence-electron chi connectivity index (χ3n) is 3.19. The summed E-state index contributed by atoms with van der Waals surface area (Å²) in [5.74, 6) is 6.62. The fourth-order valence-corrected chi connectivity index (χ4v) is 2.30. The molecule has 5 heteroatoms. The lowest BCUT2D eigenvalue weighted by Crippen LogP contribution is -2.30. The van der Waals surface area contributed by atoms with Gasteiger partial charge in [0, 0.05) is 12.6 Å². The summed E-state index contributed by atoms with van der Waals surface area (Å²) in [7, 11) is 1.92. The molecule has 108 valence electrons. The van der Waals surface area contributed by atoms with E-state index < -0.39 is 0 Å². The molecule has 1 unspecified atom stereocenters. The highest BCUT2D eigenvalue weighted by Crippen LogP contribution is 2.29. The van der Waals surface area contributed by atoms with Crippen molar-refractivity contribution in [2.24, 2.45) is 12.9 Å². The number of aryl methyl sites for hydroxylation is 2. The van der Waals surface area contributed by atoms with Crippen LogP contribution < -0.4 is 16.0 Å². The highest BCUT2D eigenvalue weighted by molar-refractivity contribution is 5.40. The molecule has 0 aliphatic carbocycles. The van der Waals surface area contributed by atoms with Gasteiger partial charge in [0.2, 0.25) is 0 Å². The molecule has 1 aromatic heterocycles. The lowest BCUT2D eigenvalue weighted by Gasteiger charge is -2.20. The van der Waals surface area contributed by atoms with Crippen molar-refractivity contribution in [2.75, 3.05) is 6.61 Å². The summed E-state index contributed by atoms with van der Waals surface area (Å²) >= 11 is 0. The fraction of sp³-hybridized carbons (Fsp3) is 0.400. The van der Waals surface area contributed by atoms with Crippen molar-refractivity contribution < 1.29 is 4.74 Å². The molecule has 1 aromatic carbocycles. The van der Waals surface area contributed by atoms with E-state index in [4.69, 9.17) is 10.6 Å². The van der Waals surface area contributed by atoms with Crippen LogP contribution >= 0.6 is 0 Å². The SMILES string of the molecule is CCCOc1ccccc1C(NN)c1cc(C)nn1C. The van der Waals surface area contributed by atoms with Crippen LogP contribution in [0.1, 0.15) is 36.3 Å². The maximum atomic E-state index is 5.81. The highest BCUT2D eigenvalue weighted by Gasteiger charge is 2.20. The number of hydrogen-bond acceptors (Lipinski definition) is 4. The van der Waals surface area contributed by atoms with Crippen LogP contribution in [0.2, 0.25) is 0 Å². The third-order valence-corrected chi connectivity index (χ3v) is 3.19. The molecule has 0 radical (unpaired) electrons. The molecule has 2 aromatic rings. The zero-order valence-corrected chi connectivity index (χ0v) is 12.3. The van der Waals surface area contributed by atoms with Gasteiger partial charge in [-0.1, -0.05) is 25.1 Å². The largest absolute Gasteiger partial charge is 0.493 e. The van der Waals surface area contributed by atoms with Gasteiger partial charge in [0.05, 0.1) is 24.0 Å². The van der Waals surface area contributed by atoms with Gasteiger partial charge in [-0.25, -0.2) is 5.43 Å². The summed E-state index contributed by atoms with van der Waals surface area (Å²) in [5, 5.41) is 4.38. The first kappa shape index (κ1) is 14.6. The average molecular weight is 274 g/mol. The van der Waals surface area contributed by atoms with Crippen LogP contribution in [0.15, 0.2) is 30.3 Å². The molecule has 0 aliphatic rings. The Hall–Kier alpha value is -1.85. The normalized spacial score (nSPS) is 12.4. The number of benzene rings is 1. The van der Waals surface area contributed by atoms with Crippen LogP contribution in [0.3, 0.4) is 0 Å². The maximum absolute atomic E-state index is 5.81. The first-order valence-electron chi connectivity index (χ1n) is 6.85. The van der Waals surface area contributed by atoms with Gasteiger partial charge in [0.25, 0.3) is 0 Å². The van der Waals surface area contributed by atoms with Crippen molar-refractivity contribution in [3.8, 4) is 5.75 Å². The van der Waals surface area contributed by atoms with E-state index in [1.165, 1.54) is 0 Å². The van der Waals surface area contributed by atoms with E-state index in [1.54, 1.807) is 0 Å². The monoisotopic (exact) mass is 274 g/mol. The lowest BCUT2D eigenvalue weighted by atomic mass is 10.0. The molecular weight excluding hydrogens is 252 g/mol. The van der Waals surface area contributed by atoms with E-state index >= 15 is 0 Å². The summed E-state index contributed by atoms with van der Waals surface area (Å²) < 4.78 is 7.66. The predicted octanol–water partition coefficient (Wildman–Crippen LogP) is 2.07. The zero-order valence-electron chi connectivity index (χ0n) is 12.3. The lowest BCUT2D eigenvalue weighted by molar-refractivity contribution is 0.311. The standard InChI is InChI=1S/C15H22N4O/c1-4-9-20-14-8-6-5-7-12(14)15(17-16)13-10-11(2)18-19(13)3/h5-8,10,15,17H,4,9,16H2,1-3H3. The summed E-state index contributed by atoms with van der Waals surface area (Å²) in [5.41, 5.74) is 5.86. The number of para-hydroxylation sites is 1. The van der Waals surface area contributed by atoms with Crippen molar-refractivity contribution in [3.63, 3.8) is 0 Å². The number of nitrogens with one attached hydrogen (secondary N) is 1. The summed E-state index contributed by atoms with van der Waals surface area (Å²) in [6.45, 7) is 4.75. The molecule has 0 spiro atoms. The van der Waals surface area contributed by atoms with Crippen LogP contribution in [0.4, 0.5) is 0 Å². The van der Waals surface area contributed by atoms with E-state index in [0.29, 0.717) is 6.61 Å². The molecule has 20 heavy (non-hydrogen) atoms. The number of nitrogens with zero attached hydrogens (tertiary/aromatic N) is 2. The molecule has 0 saturated heterocycles. The van der Waals surface area contributed by atoms with Crippen LogP contribution in [-0.4, -0.2) is 16.4 Å². The van der Waals surface area contributed by atoms with Gasteiger partial charge in [0.15, 0.2) is 0 Å². The van der Waals surface area contributed by atoms with Gasteiger partial charge < -0.3 is 4.74 Å². The Bertz CT molecular complexity index is 565. The Morgan fingerprint density at radius 3 is 2.75 bits per heavy atom. The van der Waals surface area contributed by atoms with Crippen molar-refractivity contribution in [1.29, 1.82) is 0 Å². The smallest absolute Gasteiger partial charge is 0.124 e. The van der Waals surface area contributed by atoms with Crippen molar-refractivity contribution >= 4 is 0 Å². The Kier molecular flexibility index (Phi) is 4.76. The molecular formula is C15H22N4O. The number of hydrogen-bond donors (Lipinski definition) is 2. The Labute approximate surface area is 119 Å². The number of nitrogens with two attached hydrogens (primary N) is 1. The molecule has 0 fully saturated rings. The second-order valence-corrected chi connectivity index (χ2v) is 4.82. The molecule has 1 atom stereocenters. The van der Waals surface area contributed by atoms with Crippen LogP contribution in [0.25, 0.3) is 0 Å². The molecule has 0 bridgehead atoms. The molecule has 0 saturated carbocycles. The molecule has 3 N–H and O–H groups in total. The molecule has 0 aliphatic heterocycles. The quantitative estimate of drug-likeness (QED) is 0.625. The van der Waals surface area contributed by atoms with Crippen LogP contribution in [-0.2, 0) is 7.05 Å². The second kappa shape index (κ2) is 6.54. The van der Waals surface area contributed by atoms with Gasteiger partial charge in [-0.3, -0.25) is 10.5 Å². The zero-order chi connectivity index (χ0) is 14.5. The summed E-state index contributed by atoms with van der Waals surface area (Å²) in [4.78, 5) is 0. The summed E-state index contributed by atoms with van der Waals surface area (Å²) in [6.07, 6.45) is 0.972. The van der Waals surface area contributed by atoms with Crippen molar-refractivity contribution in [3.05, 3.63) is 47.3 Å². The third kappa shape index (κ3) is 3.00. The molecule has 1 heterocycles. The van der Waals surface area contributed by atoms with Gasteiger partial charge in [0.1, 0.15) is 5.75 Å². The van der Waals surface area contributed by atoms with E-state index in [-0.39, 0.29) is 6.04 Å². The van der Waals surface area contributed by atoms with Crippen molar-refractivity contribution in [2.45, 2.75) is 26.3 Å². The number of aromatic nitrogens is 2. The predicted molar refractivity (Wildman–Crippen MR) is 79.3 cm³/mol. The van der Waals surface area contributed by atoms with Gasteiger partial charge in [-0.2, -0.15) is 5.10 Å². The van der Waals surface area contributed by atoms with Crippen molar-refractivity contribution in [1.82, 2.24) is 15.2 Å². The van der Waals surface area contributed by atoms with E-state index in [1.807, 2.05) is 49.0 Å². The second-order valence-electron chi connectivity index (χ2n) is 4.82. The number of ether oxygens (including phenoxy) is 1. The first-order valence-corrected chi connectivity index (χ1v) is 6.85. The topological polar surface area (TPSA) is 65.1 Å².